The standard InChI is InChI=1S/C30H29ClFN5O5/c1-17-5-3-7-24(36-13-14-37(29(40)28(36)39)25-8-4-6-21(31)26(25)32)23-15-18(11-12-33-23)20-10-9-19(34-30(41)42-2)16-22(20)35-27(17)38/h4,6,8-12,15-17,24H,3,5,7,13-14H2,1-2H3,(H,34,41)(H,35,38)/t17-,24+/m1/s1. The Morgan fingerprint density at radius 1 is 1.10 bits per heavy atom. The highest BCUT2D eigenvalue weighted by Gasteiger charge is 2.39. The molecule has 0 radical (unpaired) electrons. The molecule has 4 amide bonds. The highest BCUT2D eigenvalue weighted by atomic mass is 35.5. The van der Waals surface area contributed by atoms with Crippen molar-refractivity contribution in [2.45, 2.75) is 32.2 Å². The fourth-order valence-corrected chi connectivity index (χ4v) is 5.46. The number of aromatic nitrogens is 1. The normalized spacial score (nSPS) is 19.3. The molecule has 5 rings (SSSR count). The smallest absolute Gasteiger partial charge is 0.411 e. The van der Waals surface area contributed by atoms with Crippen molar-refractivity contribution in [3.8, 4) is 11.1 Å². The van der Waals surface area contributed by atoms with Crippen molar-refractivity contribution >= 4 is 52.5 Å². The molecule has 42 heavy (non-hydrogen) atoms. The fraction of sp³-hybridized carbons (Fsp3) is 0.300. The average Bonchev–Trinajstić information content (AvgIpc) is 2.98. The van der Waals surface area contributed by atoms with Crippen LogP contribution in [0.4, 0.5) is 26.2 Å². The zero-order valence-electron chi connectivity index (χ0n) is 23.0. The molecule has 10 nitrogen and oxygen atoms in total. The number of nitrogens with zero attached hydrogens (tertiary/aromatic N) is 3. The van der Waals surface area contributed by atoms with Crippen LogP contribution in [0, 0.1) is 11.7 Å². The maximum atomic E-state index is 14.7. The summed E-state index contributed by atoms with van der Waals surface area (Å²) in [4.78, 5) is 58.8. The van der Waals surface area contributed by atoms with E-state index in [1.807, 2.05) is 13.0 Å². The summed E-state index contributed by atoms with van der Waals surface area (Å²) in [5.41, 5.74) is 2.86. The highest BCUT2D eigenvalue weighted by Crippen LogP contribution is 2.36. The number of benzene rings is 2. The van der Waals surface area contributed by atoms with Crippen molar-refractivity contribution in [2.75, 3.05) is 35.7 Å². The van der Waals surface area contributed by atoms with Crippen molar-refractivity contribution in [3.05, 3.63) is 71.3 Å². The molecule has 0 unspecified atom stereocenters. The van der Waals surface area contributed by atoms with Crippen LogP contribution in [0.2, 0.25) is 5.02 Å². The monoisotopic (exact) mass is 593 g/mol. The number of carbonyl (C=O) groups excluding carboxylic acids is 4. The van der Waals surface area contributed by atoms with E-state index in [0.717, 1.165) is 10.5 Å². The molecule has 1 saturated heterocycles. The van der Waals surface area contributed by atoms with Crippen LogP contribution in [0.25, 0.3) is 11.1 Å². The summed E-state index contributed by atoms with van der Waals surface area (Å²) in [5.74, 6) is -2.93. The van der Waals surface area contributed by atoms with Gasteiger partial charge < -0.3 is 15.0 Å². The van der Waals surface area contributed by atoms with Gasteiger partial charge >= 0.3 is 17.9 Å². The molecule has 218 valence electrons. The average molecular weight is 594 g/mol. The van der Waals surface area contributed by atoms with Gasteiger partial charge in [0, 0.05) is 36.5 Å². The van der Waals surface area contributed by atoms with Crippen molar-refractivity contribution < 1.29 is 28.3 Å². The van der Waals surface area contributed by atoms with E-state index in [4.69, 9.17) is 11.6 Å². The molecule has 0 aliphatic carbocycles. The first-order chi connectivity index (χ1) is 20.2. The second kappa shape index (κ2) is 12.2. The summed E-state index contributed by atoms with van der Waals surface area (Å²) in [6.07, 6.45) is 2.53. The topological polar surface area (TPSA) is 121 Å². The molecule has 2 aromatic carbocycles. The zero-order valence-corrected chi connectivity index (χ0v) is 23.8. The number of rotatable bonds is 3. The first-order valence-electron chi connectivity index (χ1n) is 13.5. The minimum Gasteiger partial charge on any atom is -0.453 e. The van der Waals surface area contributed by atoms with Crippen LogP contribution >= 0.6 is 11.6 Å². The van der Waals surface area contributed by atoms with Gasteiger partial charge in [-0.25, -0.2) is 9.18 Å². The number of anilines is 3. The lowest BCUT2D eigenvalue weighted by Gasteiger charge is -2.38. The Balaban J connectivity index is 1.50. The van der Waals surface area contributed by atoms with E-state index in [-0.39, 0.29) is 35.6 Å². The third-order valence-corrected chi connectivity index (χ3v) is 7.85. The number of pyridine rings is 1. The van der Waals surface area contributed by atoms with Gasteiger partial charge in [-0.2, -0.15) is 0 Å². The summed E-state index contributed by atoms with van der Waals surface area (Å²) >= 11 is 5.92. The SMILES string of the molecule is COC(=O)Nc1ccc2c(c1)NC(=O)[C@H](C)CCC[C@H](N1CCN(c3cccc(Cl)c3F)C(=O)C1=O)c1cc-2ccn1. The molecular formula is C30H29ClFN5O5. The van der Waals surface area contributed by atoms with Gasteiger partial charge in [-0.05, 0) is 54.8 Å². The second-order valence-electron chi connectivity index (χ2n) is 10.2. The maximum absolute atomic E-state index is 14.7. The number of nitrogens with one attached hydrogen (secondary N) is 2. The molecule has 2 aliphatic heterocycles. The molecule has 0 saturated carbocycles. The molecule has 2 atom stereocenters. The Labute approximate surface area is 246 Å². The van der Waals surface area contributed by atoms with Gasteiger partial charge in [0.05, 0.1) is 35.2 Å². The Bertz CT molecular complexity index is 1570. The van der Waals surface area contributed by atoms with Crippen molar-refractivity contribution in [1.29, 1.82) is 0 Å². The third-order valence-electron chi connectivity index (χ3n) is 7.56. The molecule has 0 spiro atoms. The predicted octanol–water partition coefficient (Wildman–Crippen LogP) is 5.39. The predicted molar refractivity (Wildman–Crippen MR) is 156 cm³/mol. The highest BCUT2D eigenvalue weighted by molar-refractivity contribution is 6.41. The lowest BCUT2D eigenvalue weighted by atomic mass is 9.94. The Morgan fingerprint density at radius 3 is 2.69 bits per heavy atom. The number of piperazine rings is 1. The molecule has 2 aliphatic rings. The number of ether oxygens (including phenoxy) is 1. The number of methoxy groups -OCH3 is 1. The minimum absolute atomic E-state index is 0.0446. The van der Waals surface area contributed by atoms with Crippen LogP contribution in [0.1, 0.15) is 37.9 Å². The lowest BCUT2D eigenvalue weighted by Crippen LogP contribution is -2.55. The molecule has 3 heterocycles. The van der Waals surface area contributed by atoms with Crippen molar-refractivity contribution in [2.24, 2.45) is 5.92 Å². The fourth-order valence-electron chi connectivity index (χ4n) is 5.29. The minimum atomic E-state index is -0.853. The molecular weight excluding hydrogens is 565 g/mol. The first kappa shape index (κ1) is 29.0. The summed E-state index contributed by atoms with van der Waals surface area (Å²) in [6.45, 7) is 2.05. The lowest BCUT2D eigenvalue weighted by molar-refractivity contribution is -0.148. The van der Waals surface area contributed by atoms with Crippen LogP contribution < -0.4 is 15.5 Å². The summed E-state index contributed by atoms with van der Waals surface area (Å²) in [5, 5.41) is 5.45. The first-order valence-corrected chi connectivity index (χ1v) is 13.9. The maximum Gasteiger partial charge on any atom is 0.411 e. The van der Waals surface area contributed by atoms with E-state index in [9.17, 15) is 23.6 Å². The number of hydrogen-bond acceptors (Lipinski definition) is 6. The van der Waals surface area contributed by atoms with Gasteiger partial charge in [0.15, 0.2) is 5.82 Å². The molecule has 1 fully saturated rings. The van der Waals surface area contributed by atoms with E-state index >= 15 is 0 Å². The Morgan fingerprint density at radius 2 is 1.90 bits per heavy atom. The zero-order chi connectivity index (χ0) is 30.0. The number of hydrogen-bond donors (Lipinski definition) is 2. The van der Waals surface area contributed by atoms with Crippen LogP contribution in [0.5, 0.6) is 0 Å². The number of halogens is 2. The number of amides is 4. The van der Waals surface area contributed by atoms with E-state index in [0.29, 0.717) is 41.9 Å². The van der Waals surface area contributed by atoms with Crippen LogP contribution in [0.3, 0.4) is 0 Å². The van der Waals surface area contributed by atoms with Crippen LogP contribution in [-0.2, 0) is 19.1 Å². The van der Waals surface area contributed by atoms with Gasteiger partial charge in [-0.3, -0.25) is 29.6 Å². The van der Waals surface area contributed by atoms with Gasteiger partial charge in [-0.1, -0.05) is 37.1 Å². The third kappa shape index (κ3) is 5.78. The molecule has 3 aromatic rings. The summed E-state index contributed by atoms with van der Waals surface area (Å²) in [6, 6.07) is 12.5. The van der Waals surface area contributed by atoms with Gasteiger partial charge in [0.1, 0.15) is 0 Å². The quantitative estimate of drug-likeness (QED) is 0.393. The summed E-state index contributed by atoms with van der Waals surface area (Å²) < 4.78 is 19.4. The Hall–Kier alpha value is -4.51. The summed E-state index contributed by atoms with van der Waals surface area (Å²) in [7, 11) is 1.26. The number of carbonyl (C=O) groups is 4. The van der Waals surface area contributed by atoms with Crippen molar-refractivity contribution in [3.63, 3.8) is 0 Å². The molecule has 12 heteroatoms. The van der Waals surface area contributed by atoms with Crippen LogP contribution in [-0.4, -0.2) is 53.9 Å². The van der Waals surface area contributed by atoms with Gasteiger partial charge in [-0.15, -0.1) is 0 Å². The largest absolute Gasteiger partial charge is 0.453 e. The molecule has 1 aromatic heterocycles. The Kier molecular flexibility index (Phi) is 8.39. The molecule has 2 N–H and O–H groups in total. The number of fused-ring (bicyclic) bond motifs is 4. The van der Waals surface area contributed by atoms with E-state index < -0.39 is 29.8 Å². The van der Waals surface area contributed by atoms with E-state index in [1.165, 1.54) is 30.2 Å². The van der Waals surface area contributed by atoms with E-state index in [2.05, 4.69) is 20.4 Å². The second-order valence-corrected chi connectivity index (χ2v) is 10.6. The van der Waals surface area contributed by atoms with Gasteiger partial charge in [0.2, 0.25) is 5.91 Å². The molecule has 2 bridgehead atoms. The van der Waals surface area contributed by atoms with E-state index in [1.54, 1.807) is 30.5 Å². The van der Waals surface area contributed by atoms with Gasteiger partial charge in [0.25, 0.3) is 0 Å². The van der Waals surface area contributed by atoms with Crippen LogP contribution in [0.15, 0.2) is 54.7 Å². The van der Waals surface area contributed by atoms with Crippen molar-refractivity contribution in [1.82, 2.24) is 9.88 Å².